The second-order valence-electron chi connectivity index (χ2n) is 5.48. The van der Waals surface area contributed by atoms with E-state index < -0.39 is 0 Å². The van der Waals surface area contributed by atoms with Gasteiger partial charge in [-0.05, 0) is 6.92 Å². The van der Waals surface area contributed by atoms with Gasteiger partial charge in [-0.15, -0.1) is 0 Å². The summed E-state index contributed by atoms with van der Waals surface area (Å²) in [7, 11) is 0. The molecule has 6 heteroatoms. The molecule has 6 nitrogen and oxygen atoms in total. The van der Waals surface area contributed by atoms with Crippen LogP contribution in [0.5, 0.6) is 0 Å². The summed E-state index contributed by atoms with van der Waals surface area (Å²) in [4.78, 5) is 29.3. The molecule has 0 bridgehead atoms. The van der Waals surface area contributed by atoms with Crippen molar-refractivity contribution in [2.24, 2.45) is 0 Å². The molecule has 108 valence electrons. The van der Waals surface area contributed by atoms with E-state index in [4.69, 9.17) is 0 Å². The minimum absolute atomic E-state index is 0.100. The molecule has 2 heterocycles. The van der Waals surface area contributed by atoms with Gasteiger partial charge in [0.05, 0.1) is 6.54 Å². The number of nitrogens with zero attached hydrogens (tertiary/aromatic N) is 3. The van der Waals surface area contributed by atoms with Crippen LogP contribution >= 0.6 is 0 Å². The van der Waals surface area contributed by atoms with Crippen molar-refractivity contribution >= 4 is 11.8 Å². The Hall–Kier alpha value is -1.14. The quantitative estimate of drug-likeness (QED) is 0.696. The highest BCUT2D eigenvalue weighted by Crippen LogP contribution is 2.05. The standard InChI is InChI=1S/C13H24N4O2/c1-11-9-15(4-3-14-11)10-13(19)17-7-5-16(6-8-17)12(2)18/h11,14H,3-10H2,1-2H3/t11-/m0/s1. The Morgan fingerprint density at radius 3 is 2.32 bits per heavy atom. The van der Waals surface area contributed by atoms with Crippen LogP contribution in [0.1, 0.15) is 13.8 Å². The van der Waals surface area contributed by atoms with Gasteiger partial charge in [0.15, 0.2) is 0 Å². The van der Waals surface area contributed by atoms with Crippen LogP contribution in [0, 0.1) is 0 Å². The molecule has 2 fully saturated rings. The maximum atomic E-state index is 12.2. The van der Waals surface area contributed by atoms with Gasteiger partial charge in [0.25, 0.3) is 0 Å². The molecule has 1 N–H and O–H groups in total. The maximum Gasteiger partial charge on any atom is 0.236 e. The summed E-state index contributed by atoms with van der Waals surface area (Å²) < 4.78 is 0. The molecule has 2 aliphatic heterocycles. The monoisotopic (exact) mass is 268 g/mol. The summed E-state index contributed by atoms with van der Waals surface area (Å²) in [6.45, 7) is 9.71. The molecule has 2 amide bonds. The molecular weight excluding hydrogens is 244 g/mol. The Kier molecular flexibility index (Phi) is 4.76. The minimum atomic E-state index is 0.100. The lowest BCUT2D eigenvalue weighted by Crippen LogP contribution is -2.55. The molecule has 0 aromatic heterocycles. The zero-order valence-corrected chi connectivity index (χ0v) is 11.9. The molecule has 0 radical (unpaired) electrons. The lowest BCUT2D eigenvalue weighted by Gasteiger charge is -2.37. The van der Waals surface area contributed by atoms with Gasteiger partial charge in [0, 0.05) is 58.8 Å². The zero-order chi connectivity index (χ0) is 13.8. The van der Waals surface area contributed by atoms with Crippen molar-refractivity contribution in [3.8, 4) is 0 Å². The predicted molar refractivity (Wildman–Crippen MR) is 72.7 cm³/mol. The van der Waals surface area contributed by atoms with Crippen molar-refractivity contribution in [2.75, 3.05) is 52.4 Å². The Balaban J connectivity index is 1.76. The first kappa shape index (κ1) is 14.3. The summed E-state index contributed by atoms with van der Waals surface area (Å²) in [6.07, 6.45) is 0. The van der Waals surface area contributed by atoms with Gasteiger partial charge < -0.3 is 15.1 Å². The Bertz CT molecular complexity index is 340. The average molecular weight is 268 g/mol. The lowest BCUT2D eigenvalue weighted by atomic mass is 10.2. The largest absolute Gasteiger partial charge is 0.339 e. The van der Waals surface area contributed by atoms with Crippen molar-refractivity contribution in [3.05, 3.63) is 0 Å². The van der Waals surface area contributed by atoms with Crippen molar-refractivity contribution in [1.82, 2.24) is 20.0 Å². The fourth-order valence-corrected chi connectivity index (χ4v) is 2.72. The Morgan fingerprint density at radius 1 is 1.11 bits per heavy atom. The van der Waals surface area contributed by atoms with E-state index in [1.807, 2.05) is 4.90 Å². The first-order chi connectivity index (χ1) is 9.06. The van der Waals surface area contributed by atoms with E-state index in [2.05, 4.69) is 17.1 Å². The summed E-state index contributed by atoms with van der Waals surface area (Å²) >= 11 is 0. The smallest absolute Gasteiger partial charge is 0.236 e. The van der Waals surface area contributed by atoms with Crippen molar-refractivity contribution in [3.63, 3.8) is 0 Å². The number of carbonyl (C=O) groups is 2. The van der Waals surface area contributed by atoms with Gasteiger partial charge in [-0.25, -0.2) is 0 Å². The molecule has 0 saturated carbocycles. The Labute approximate surface area is 114 Å². The van der Waals surface area contributed by atoms with Crippen LogP contribution in [0.25, 0.3) is 0 Å². The van der Waals surface area contributed by atoms with Crippen LogP contribution < -0.4 is 5.32 Å². The molecule has 0 aliphatic carbocycles. The van der Waals surface area contributed by atoms with E-state index in [9.17, 15) is 9.59 Å². The molecule has 2 rings (SSSR count). The SMILES string of the molecule is CC(=O)N1CCN(C(=O)CN2CCN[C@@H](C)C2)CC1. The number of carbonyl (C=O) groups excluding carboxylic acids is 2. The molecule has 1 atom stereocenters. The van der Waals surface area contributed by atoms with Crippen LogP contribution in [0.4, 0.5) is 0 Å². The highest BCUT2D eigenvalue weighted by atomic mass is 16.2. The first-order valence-electron chi connectivity index (χ1n) is 7.05. The summed E-state index contributed by atoms with van der Waals surface area (Å²) in [6, 6.07) is 0.455. The molecular formula is C13H24N4O2. The summed E-state index contributed by atoms with van der Waals surface area (Å²) in [5, 5.41) is 3.37. The van der Waals surface area contributed by atoms with Crippen LogP contribution in [-0.4, -0.2) is 84.9 Å². The number of nitrogens with one attached hydrogen (secondary N) is 1. The highest BCUT2D eigenvalue weighted by molar-refractivity contribution is 5.79. The lowest BCUT2D eigenvalue weighted by molar-refractivity contribution is -0.139. The predicted octanol–water partition coefficient (Wildman–Crippen LogP) is -1.03. The number of amides is 2. The van der Waals surface area contributed by atoms with E-state index in [0.717, 1.165) is 19.6 Å². The van der Waals surface area contributed by atoms with Crippen LogP contribution in [0.2, 0.25) is 0 Å². The Morgan fingerprint density at radius 2 is 1.74 bits per heavy atom. The normalized spacial score (nSPS) is 25.5. The van der Waals surface area contributed by atoms with E-state index in [1.165, 1.54) is 0 Å². The van der Waals surface area contributed by atoms with E-state index in [0.29, 0.717) is 38.8 Å². The van der Waals surface area contributed by atoms with Crippen LogP contribution in [0.3, 0.4) is 0 Å². The van der Waals surface area contributed by atoms with Gasteiger partial charge >= 0.3 is 0 Å². The van der Waals surface area contributed by atoms with Gasteiger partial charge in [-0.1, -0.05) is 0 Å². The third-order valence-electron chi connectivity index (χ3n) is 3.89. The molecule has 0 aromatic rings. The average Bonchev–Trinajstić information content (AvgIpc) is 2.39. The van der Waals surface area contributed by atoms with Gasteiger partial charge in [0.1, 0.15) is 0 Å². The second-order valence-corrected chi connectivity index (χ2v) is 5.48. The van der Waals surface area contributed by atoms with Crippen molar-refractivity contribution < 1.29 is 9.59 Å². The molecule has 0 aromatic carbocycles. The minimum Gasteiger partial charge on any atom is -0.339 e. The molecule has 2 aliphatic rings. The van der Waals surface area contributed by atoms with Crippen LogP contribution in [0.15, 0.2) is 0 Å². The zero-order valence-electron chi connectivity index (χ0n) is 11.9. The fraction of sp³-hybridized carbons (Fsp3) is 0.846. The van der Waals surface area contributed by atoms with Crippen molar-refractivity contribution in [2.45, 2.75) is 19.9 Å². The third kappa shape index (κ3) is 3.91. The topological polar surface area (TPSA) is 55.9 Å². The van der Waals surface area contributed by atoms with E-state index in [1.54, 1.807) is 11.8 Å². The third-order valence-corrected chi connectivity index (χ3v) is 3.89. The van der Waals surface area contributed by atoms with Gasteiger partial charge in [0.2, 0.25) is 11.8 Å². The van der Waals surface area contributed by atoms with Crippen molar-refractivity contribution in [1.29, 1.82) is 0 Å². The summed E-state index contributed by atoms with van der Waals surface area (Å²) in [5.41, 5.74) is 0. The van der Waals surface area contributed by atoms with Gasteiger partial charge in [-0.2, -0.15) is 0 Å². The first-order valence-corrected chi connectivity index (χ1v) is 7.05. The highest BCUT2D eigenvalue weighted by Gasteiger charge is 2.25. The molecule has 0 unspecified atom stereocenters. The second kappa shape index (κ2) is 6.34. The maximum absolute atomic E-state index is 12.2. The number of rotatable bonds is 2. The summed E-state index contributed by atoms with van der Waals surface area (Å²) in [5.74, 6) is 0.292. The van der Waals surface area contributed by atoms with E-state index in [-0.39, 0.29) is 11.8 Å². The molecule has 19 heavy (non-hydrogen) atoms. The molecule has 0 spiro atoms. The van der Waals surface area contributed by atoms with Crippen LogP contribution in [-0.2, 0) is 9.59 Å². The van der Waals surface area contributed by atoms with E-state index >= 15 is 0 Å². The number of piperazine rings is 2. The van der Waals surface area contributed by atoms with Gasteiger partial charge in [-0.3, -0.25) is 14.5 Å². The number of hydrogen-bond donors (Lipinski definition) is 1. The number of hydrogen-bond acceptors (Lipinski definition) is 4. The molecule has 2 saturated heterocycles. The fourth-order valence-electron chi connectivity index (χ4n) is 2.72.